The van der Waals surface area contributed by atoms with Gasteiger partial charge in [0.15, 0.2) is 0 Å². The maximum Gasteiger partial charge on any atom is 0.279 e. The molecule has 9 heteroatoms. The van der Waals surface area contributed by atoms with E-state index in [1.807, 2.05) is 36.7 Å². The van der Waals surface area contributed by atoms with Crippen molar-refractivity contribution in [3.05, 3.63) is 44.1 Å². The predicted octanol–water partition coefficient (Wildman–Crippen LogP) is 3.12. The van der Waals surface area contributed by atoms with E-state index in [1.165, 1.54) is 16.2 Å². The van der Waals surface area contributed by atoms with Gasteiger partial charge in [-0.2, -0.15) is 16.3 Å². The van der Waals surface area contributed by atoms with Gasteiger partial charge in [0.2, 0.25) is 17.6 Å². The van der Waals surface area contributed by atoms with Crippen LogP contribution in [-0.2, 0) is 17.6 Å². The minimum atomic E-state index is -0.322. The molecule has 0 bridgehead atoms. The number of amides is 2. The number of hydrazine groups is 1. The average Bonchev–Trinajstić information content (AvgIpc) is 3.37. The number of hydrogen-bond acceptors (Lipinski definition) is 7. The molecule has 2 N–H and O–H groups in total. The van der Waals surface area contributed by atoms with E-state index in [0.29, 0.717) is 23.0 Å². The Morgan fingerprint density at radius 2 is 2.15 bits per heavy atom. The lowest BCUT2D eigenvalue weighted by molar-refractivity contribution is -0.121. The maximum absolute atomic E-state index is 12.1. The minimum Gasteiger partial charge on any atom is -0.339 e. The summed E-state index contributed by atoms with van der Waals surface area (Å²) in [6.07, 6.45) is 1.32. The Morgan fingerprint density at radius 3 is 2.85 bits per heavy atom. The van der Waals surface area contributed by atoms with Crippen molar-refractivity contribution in [2.24, 2.45) is 0 Å². The molecule has 0 atom stereocenters. The number of carbonyl (C=O) groups excluding carboxylic acids is 2. The zero-order valence-electron chi connectivity index (χ0n) is 14.4. The fraction of sp³-hybridized carbons (Fsp3) is 0.294. The molecule has 0 aliphatic heterocycles. The molecule has 0 saturated heterocycles. The Bertz CT molecular complexity index is 899. The summed E-state index contributed by atoms with van der Waals surface area (Å²) in [6, 6.07) is 3.73. The van der Waals surface area contributed by atoms with Crippen LogP contribution in [-0.4, -0.2) is 22.0 Å². The Labute approximate surface area is 158 Å². The molecular weight excluding hydrogens is 372 g/mol. The molecule has 2 amide bonds. The standard InChI is InChI=1S/C17H18N4O3S2/c1-3-12-10(2)8-13(26-12)17(23)20-19-14(22)4-5-15-18-16(21-24-15)11-6-7-25-9-11/h6-9H,3-5H2,1-2H3,(H,19,22)(H,20,23). The maximum atomic E-state index is 12.1. The summed E-state index contributed by atoms with van der Waals surface area (Å²) < 4.78 is 5.14. The molecule has 0 unspecified atom stereocenters. The lowest BCUT2D eigenvalue weighted by Crippen LogP contribution is -2.41. The van der Waals surface area contributed by atoms with E-state index in [4.69, 9.17) is 4.52 Å². The van der Waals surface area contributed by atoms with Crippen molar-refractivity contribution < 1.29 is 14.1 Å². The summed E-state index contributed by atoms with van der Waals surface area (Å²) in [6.45, 7) is 4.02. The monoisotopic (exact) mass is 390 g/mol. The minimum absolute atomic E-state index is 0.134. The number of carbonyl (C=O) groups is 2. The van der Waals surface area contributed by atoms with Crippen molar-refractivity contribution in [2.45, 2.75) is 33.1 Å². The highest BCUT2D eigenvalue weighted by Gasteiger charge is 2.14. The molecule has 26 heavy (non-hydrogen) atoms. The van der Waals surface area contributed by atoms with E-state index in [-0.39, 0.29) is 18.2 Å². The van der Waals surface area contributed by atoms with Gasteiger partial charge in [0.1, 0.15) is 0 Å². The molecule has 0 saturated carbocycles. The van der Waals surface area contributed by atoms with E-state index < -0.39 is 0 Å². The first kappa shape index (κ1) is 18.3. The second-order valence-electron chi connectivity index (χ2n) is 5.60. The second kappa shape index (κ2) is 8.24. The fourth-order valence-electron chi connectivity index (χ4n) is 2.32. The quantitative estimate of drug-likeness (QED) is 0.630. The number of hydrogen-bond donors (Lipinski definition) is 2. The first-order chi connectivity index (χ1) is 12.6. The molecule has 7 nitrogen and oxygen atoms in total. The van der Waals surface area contributed by atoms with Gasteiger partial charge in [0, 0.05) is 28.7 Å². The molecule has 0 aromatic carbocycles. The highest BCUT2D eigenvalue weighted by Crippen LogP contribution is 2.22. The van der Waals surface area contributed by atoms with Crippen LogP contribution in [0.25, 0.3) is 11.4 Å². The SMILES string of the molecule is CCc1sc(C(=O)NNC(=O)CCc2nc(-c3ccsc3)no2)cc1C. The molecule has 3 aromatic rings. The largest absolute Gasteiger partial charge is 0.339 e. The molecule has 3 aromatic heterocycles. The second-order valence-corrected chi connectivity index (χ2v) is 7.51. The third-order valence-electron chi connectivity index (χ3n) is 3.69. The van der Waals surface area contributed by atoms with Crippen LogP contribution >= 0.6 is 22.7 Å². The van der Waals surface area contributed by atoms with E-state index in [2.05, 4.69) is 21.0 Å². The van der Waals surface area contributed by atoms with Gasteiger partial charge in [-0.05, 0) is 36.4 Å². The number of aryl methyl sites for hydroxylation is 3. The van der Waals surface area contributed by atoms with Crippen LogP contribution in [0.3, 0.4) is 0 Å². The van der Waals surface area contributed by atoms with Gasteiger partial charge in [0.25, 0.3) is 5.91 Å². The van der Waals surface area contributed by atoms with Gasteiger partial charge >= 0.3 is 0 Å². The van der Waals surface area contributed by atoms with Crippen molar-refractivity contribution in [1.29, 1.82) is 0 Å². The third kappa shape index (κ3) is 4.36. The van der Waals surface area contributed by atoms with Gasteiger partial charge in [-0.15, -0.1) is 11.3 Å². The van der Waals surface area contributed by atoms with E-state index in [1.54, 1.807) is 11.3 Å². The first-order valence-electron chi connectivity index (χ1n) is 8.10. The molecular formula is C17H18N4O3S2. The van der Waals surface area contributed by atoms with Crippen molar-refractivity contribution in [3.8, 4) is 11.4 Å². The molecule has 0 aliphatic rings. The Kier molecular flexibility index (Phi) is 5.79. The van der Waals surface area contributed by atoms with Crippen LogP contribution in [0.1, 0.15) is 39.3 Å². The summed E-state index contributed by atoms with van der Waals surface area (Å²) in [7, 11) is 0. The molecule has 3 rings (SSSR count). The molecule has 3 heterocycles. The number of nitrogens with zero attached hydrogens (tertiary/aromatic N) is 2. The van der Waals surface area contributed by atoms with Crippen molar-refractivity contribution in [2.75, 3.05) is 0 Å². The number of thiophene rings is 2. The van der Waals surface area contributed by atoms with Crippen LogP contribution < -0.4 is 10.9 Å². The molecule has 0 spiro atoms. The Hall–Kier alpha value is -2.52. The van der Waals surface area contributed by atoms with Crippen LogP contribution in [0.2, 0.25) is 0 Å². The summed E-state index contributed by atoms with van der Waals surface area (Å²) in [4.78, 5) is 30.0. The van der Waals surface area contributed by atoms with Gasteiger partial charge in [-0.3, -0.25) is 20.4 Å². The van der Waals surface area contributed by atoms with Crippen LogP contribution in [0.4, 0.5) is 0 Å². The fourth-order valence-corrected chi connectivity index (χ4v) is 3.96. The lowest BCUT2D eigenvalue weighted by atomic mass is 10.2. The van der Waals surface area contributed by atoms with Gasteiger partial charge in [-0.25, -0.2) is 0 Å². The van der Waals surface area contributed by atoms with Crippen molar-refractivity contribution in [1.82, 2.24) is 21.0 Å². The molecule has 0 radical (unpaired) electrons. The Balaban J connectivity index is 1.46. The number of aromatic nitrogens is 2. The summed E-state index contributed by atoms with van der Waals surface area (Å²) in [5, 5.41) is 7.74. The van der Waals surface area contributed by atoms with Crippen LogP contribution in [0.5, 0.6) is 0 Å². The zero-order valence-corrected chi connectivity index (χ0v) is 16.0. The van der Waals surface area contributed by atoms with Crippen LogP contribution in [0.15, 0.2) is 27.4 Å². The summed E-state index contributed by atoms with van der Waals surface area (Å²) in [5.74, 6) is 0.255. The first-order valence-corrected chi connectivity index (χ1v) is 9.86. The lowest BCUT2D eigenvalue weighted by Gasteiger charge is -2.05. The smallest absolute Gasteiger partial charge is 0.279 e. The topological polar surface area (TPSA) is 97.1 Å². The van der Waals surface area contributed by atoms with Crippen LogP contribution in [0, 0.1) is 6.92 Å². The van der Waals surface area contributed by atoms with E-state index in [0.717, 1.165) is 17.5 Å². The number of rotatable bonds is 6. The predicted molar refractivity (Wildman–Crippen MR) is 100.0 cm³/mol. The zero-order chi connectivity index (χ0) is 18.5. The van der Waals surface area contributed by atoms with Crippen molar-refractivity contribution in [3.63, 3.8) is 0 Å². The van der Waals surface area contributed by atoms with E-state index in [9.17, 15) is 9.59 Å². The highest BCUT2D eigenvalue weighted by atomic mass is 32.1. The Morgan fingerprint density at radius 1 is 1.31 bits per heavy atom. The average molecular weight is 390 g/mol. The normalized spacial score (nSPS) is 10.7. The summed E-state index contributed by atoms with van der Waals surface area (Å²) >= 11 is 2.98. The highest BCUT2D eigenvalue weighted by molar-refractivity contribution is 7.14. The van der Waals surface area contributed by atoms with Crippen molar-refractivity contribution >= 4 is 34.5 Å². The van der Waals surface area contributed by atoms with Gasteiger partial charge < -0.3 is 4.52 Å². The third-order valence-corrected chi connectivity index (χ3v) is 5.76. The molecule has 0 fully saturated rings. The molecule has 0 aliphatic carbocycles. The molecule has 136 valence electrons. The summed E-state index contributed by atoms with van der Waals surface area (Å²) in [5.41, 5.74) is 6.82. The van der Waals surface area contributed by atoms with E-state index >= 15 is 0 Å². The number of nitrogens with one attached hydrogen (secondary N) is 2. The van der Waals surface area contributed by atoms with Gasteiger partial charge in [0.05, 0.1) is 4.88 Å². The van der Waals surface area contributed by atoms with Gasteiger partial charge in [-0.1, -0.05) is 12.1 Å².